The minimum atomic E-state index is -0.885. The Hall–Kier alpha value is -3.30. The van der Waals surface area contributed by atoms with Crippen LogP contribution in [0.1, 0.15) is 37.3 Å². The van der Waals surface area contributed by atoms with Crippen molar-refractivity contribution in [3.8, 4) is 17.2 Å². The summed E-state index contributed by atoms with van der Waals surface area (Å²) in [5.74, 6) is -1.00. The number of rotatable bonds is 6. The van der Waals surface area contributed by atoms with Gasteiger partial charge in [0.25, 0.3) is 5.79 Å². The van der Waals surface area contributed by atoms with Crippen molar-refractivity contribution in [2.24, 2.45) is 11.7 Å². The maximum atomic E-state index is 11.3. The van der Waals surface area contributed by atoms with E-state index >= 15 is 0 Å². The predicted molar refractivity (Wildman–Crippen MR) is 117 cm³/mol. The summed E-state index contributed by atoms with van der Waals surface area (Å²) in [6, 6.07) is 18.0. The number of ether oxygens (including phenoxy) is 2. The van der Waals surface area contributed by atoms with Gasteiger partial charge in [0.05, 0.1) is 11.6 Å². The van der Waals surface area contributed by atoms with Crippen LogP contribution in [0.4, 0.5) is 0 Å². The number of amides is 1. The maximum absolute atomic E-state index is 11.3. The Morgan fingerprint density at radius 2 is 1.81 bits per heavy atom. The number of primary amides is 1. The Labute approximate surface area is 182 Å². The molecule has 0 bridgehead atoms. The third-order valence-electron chi connectivity index (χ3n) is 6.36. The third-order valence-corrected chi connectivity index (χ3v) is 6.36. The van der Waals surface area contributed by atoms with E-state index in [1.165, 1.54) is 0 Å². The number of nitriles is 1. The van der Waals surface area contributed by atoms with Gasteiger partial charge in [-0.05, 0) is 56.1 Å². The molecule has 2 aliphatic heterocycles. The minimum Gasteiger partial charge on any atom is -0.452 e. The Morgan fingerprint density at radius 1 is 1.16 bits per heavy atom. The van der Waals surface area contributed by atoms with Gasteiger partial charge in [0.15, 0.2) is 0 Å². The summed E-state index contributed by atoms with van der Waals surface area (Å²) in [6.07, 6.45) is 5.38. The number of hydrogen-bond donors (Lipinski definition) is 1. The number of benzene rings is 2. The van der Waals surface area contributed by atoms with Gasteiger partial charge in [0.2, 0.25) is 5.91 Å². The van der Waals surface area contributed by atoms with Crippen molar-refractivity contribution in [3.63, 3.8) is 0 Å². The van der Waals surface area contributed by atoms with Gasteiger partial charge >= 0.3 is 0 Å². The maximum Gasteiger partial charge on any atom is 0.280 e. The smallest absolute Gasteiger partial charge is 0.280 e. The first-order valence-corrected chi connectivity index (χ1v) is 10.7. The zero-order valence-electron chi connectivity index (χ0n) is 17.7. The van der Waals surface area contributed by atoms with Gasteiger partial charge in [-0.1, -0.05) is 36.4 Å². The molecule has 6 nitrogen and oxygen atoms in total. The first-order valence-electron chi connectivity index (χ1n) is 10.7. The minimum absolute atomic E-state index is 0.129. The van der Waals surface area contributed by atoms with Crippen LogP contribution in [0, 0.1) is 17.2 Å². The van der Waals surface area contributed by atoms with E-state index in [4.69, 9.17) is 20.5 Å². The quantitative estimate of drug-likeness (QED) is 0.771. The van der Waals surface area contributed by atoms with Gasteiger partial charge in [-0.3, -0.25) is 4.79 Å². The molecule has 0 saturated carbocycles. The Balaban J connectivity index is 1.61. The molecule has 0 radical (unpaired) electrons. The predicted octanol–water partition coefficient (Wildman–Crippen LogP) is 3.87. The number of nitrogens with zero attached hydrogens (tertiary/aromatic N) is 2. The normalized spacial score (nSPS) is 19.2. The molecule has 1 saturated heterocycles. The Morgan fingerprint density at radius 3 is 2.42 bits per heavy atom. The molecule has 2 N–H and O–H groups in total. The number of nitrogens with two attached hydrogens (primary N) is 1. The second-order valence-corrected chi connectivity index (χ2v) is 8.24. The van der Waals surface area contributed by atoms with Crippen LogP contribution >= 0.6 is 0 Å². The molecule has 0 aromatic heterocycles. The molecule has 0 aliphatic carbocycles. The van der Waals surface area contributed by atoms with Gasteiger partial charge in [0, 0.05) is 23.9 Å². The molecule has 0 spiro atoms. The SMILES string of the molecule is CC(CC(N)=O)N1CCC(C2(c3ccccc3-c3ccc(C#N)cc3)OC=CO2)CC1. The Bertz CT molecular complexity index is 993. The van der Waals surface area contributed by atoms with Crippen molar-refractivity contribution in [3.05, 3.63) is 72.2 Å². The molecule has 1 amide bonds. The van der Waals surface area contributed by atoms with Crippen molar-refractivity contribution in [2.75, 3.05) is 13.1 Å². The molecule has 2 heterocycles. The van der Waals surface area contributed by atoms with E-state index in [1.807, 2.05) is 43.3 Å². The van der Waals surface area contributed by atoms with Crippen molar-refractivity contribution < 1.29 is 14.3 Å². The lowest BCUT2D eigenvalue weighted by Crippen LogP contribution is -2.47. The first-order chi connectivity index (χ1) is 15.0. The second kappa shape index (κ2) is 8.83. The number of carbonyl (C=O) groups is 1. The molecular formula is C25H27N3O3. The van der Waals surface area contributed by atoms with Crippen molar-refractivity contribution in [2.45, 2.75) is 38.0 Å². The van der Waals surface area contributed by atoms with E-state index in [9.17, 15) is 4.79 Å². The van der Waals surface area contributed by atoms with Crippen LogP contribution in [0.5, 0.6) is 0 Å². The highest BCUT2D eigenvalue weighted by Gasteiger charge is 2.48. The fourth-order valence-electron chi connectivity index (χ4n) is 4.73. The number of piperidine rings is 1. The highest BCUT2D eigenvalue weighted by Crippen LogP contribution is 2.47. The average molecular weight is 418 g/mol. The average Bonchev–Trinajstić information content (AvgIpc) is 3.30. The van der Waals surface area contributed by atoms with Crippen LogP contribution in [-0.4, -0.2) is 29.9 Å². The van der Waals surface area contributed by atoms with E-state index in [1.54, 1.807) is 12.5 Å². The summed E-state index contributed by atoms with van der Waals surface area (Å²) >= 11 is 0. The fourth-order valence-corrected chi connectivity index (χ4v) is 4.73. The third kappa shape index (κ3) is 4.14. The summed E-state index contributed by atoms with van der Waals surface area (Å²) in [5.41, 5.74) is 9.03. The fraction of sp³-hybridized carbons (Fsp3) is 0.360. The number of likely N-dealkylation sites (tertiary alicyclic amines) is 1. The van der Waals surface area contributed by atoms with Gasteiger partial charge in [0.1, 0.15) is 12.5 Å². The van der Waals surface area contributed by atoms with E-state index in [-0.39, 0.29) is 17.9 Å². The molecule has 4 rings (SSSR count). The van der Waals surface area contributed by atoms with E-state index < -0.39 is 5.79 Å². The zero-order valence-corrected chi connectivity index (χ0v) is 17.7. The van der Waals surface area contributed by atoms with E-state index in [0.29, 0.717) is 12.0 Å². The summed E-state index contributed by atoms with van der Waals surface area (Å²) in [7, 11) is 0. The summed E-state index contributed by atoms with van der Waals surface area (Å²) < 4.78 is 12.4. The number of hydrogen-bond acceptors (Lipinski definition) is 5. The largest absolute Gasteiger partial charge is 0.452 e. The highest BCUT2D eigenvalue weighted by atomic mass is 16.7. The molecule has 2 aliphatic rings. The first kappa shape index (κ1) is 21.0. The van der Waals surface area contributed by atoms with Gasteiger partial charge in [-0.2, -0.15) is 5.26 Å². The van der Waals surface area contributed by atoms with E-state index in [0.717, 1.165) is 42.6 Å². The van der Waals surface area contributed by atoms with Crippen LogP contribution < -0.4 is 5.73 Å². The molecule has 1 unspecified atom stereocenters. The van der Waals surface area contributed by atoms with Gasteiger partial charge in [-0.15, -0.1) is 0 Å². The topological polar surface area (TPSA) is 88.6 Å². The summed E-state index contributed by atoms with van der Waals surface area (Å²) in [6.45, 7) is 3.75. The van der Waals surface area contributed by atoms with Crippen LogP contribution in [-0.2, 0) is 20.1 Å². The van der Waals surface area contributed by atoms with Crippen LogP contribution in [0.3, 0.4) is 0 Å². The van der Waals surface area contributed by atoms with Crippen LogP contribution in [0.25, 0.3) is 11.1 Å². The van der Waals surface area contributed by atoms with Crippen LogP contribution in [0.2, 0.25) is 0 Å². The van der Waals surface area contributed by atoms with Crippen molar-refractivity contribution in [1.82, 2.24) is 4.90 Å². The molecule has 6 heteroatoms. The van der Waals surface area contributed by atoms with Crippen molar-refractivity contribution >= 4 is 5.91 Å². The lowest BCUT2D eigenvalue weighted by molar-refractivity contribution is -0.201. The molecule has 1 fully saturated rings. The van der Waals surface area contributed by atoms with Gasteiger partial charge in [-0.25, -0.2) is 0 Å². The molecule has 2 aromatic rings. The molecular weight excluding hydrogens is 390 g/mol. The van der Waals surface area contributed by atoms with E-state index in [2.05, 4.69) is 23.1 Å². The van der Waals surface area contributed by atoms with Crippen molar-refractivity contribution in [1.29, 1.82) is 5.26 Å². The monoisotopic (exact) mass is 417 g/mol. The Kier molecular flexibility index (Phi) is 5.97. The molecule has 31 heavy (non-hydrogen) atoms. The molecule has 1 atom stereocenters. The zero-order chi connectivity index (χ0) is 21.8. The second-order valence-electron chi connectivity index (χ2n) is 8.24. The molecule has 160 valence electrons. The molecule has 2 aromatic carbocycles. The standard InChI is InChI=1S/C25H27N3O3/c1-18(16-24(27)29)28-12-10-21(11-13-28)25(30-14-15-31-25)23-5-3-2-4-22(23)20-8-6-19(17-26)7-9-20/h2-9,14-15,18,21H,10-13,16H2,1H3,(H2,27,29). The lowest BCUT2D eigenvalue weighted by Gasteiger charge is -2.43. The lowest BCUT2D eigenvalue weighted by atomic mass is 9.80. The van der Waals surface area contributed by atoms with Gasteiger partial charge < -0.3 is 20.1 Å². The van der Waals surface area contributed by atoms with Crippen LogP contribution in [0.15, 0.2) is 61.1 Å². The highest BCUT2D eigenvalue weighted by molar-refractivity contribution is 5.74. The summed E-state index contributed by atoms with van der Waals surface area (Å²) in [4.78, 5) is 13.6. The number of carbonyl (C=O) groups excluding carboxylic acids is 1. The summed E-state index contributed by atoms with van der Waals surface area (Å²) in [5, 5.41) is 9.12.